The third-order valence-corrected chi connectivity index (χ3v) is 3.71. The molecule has 1 heterocycles. The number of H-pyrrole nitrogens is 1. The highest BCUT2D eigenvalue weighted by atomic mass is 16.5. The van der Waals surface area contributed by atoms with Crippen molar-refractivity contribution in [3.8, 4) is 11.8 Å². The third kappa shape index (κ3) is 3.61. The molecule has 0 aliphatic rings. The Morgan fingerprint density at radius 2 is 1.92 bits per heavy atom. The molecule has 3 aromatic rings. The minimum atomic E-state index is -0.867. The highest BCUT2D eigenvalue weighted by Gasteiger charge is 2.23. The number of nitrogens with one attached hydrogen (secondary N) is 1. The van der Waals surface area contributed by atoms with Crippen molar-refractivity contribution in [3.05, 3.63) is 60.4 Å². The van der Waals surface area contributed by atoms with Crippen molar-refractivity contribution in [1.82, 2.24) is 9.97 Å². The predicted molar refractivity (Wildman–Crippen MR) is 90.6 cm³/mol. The lowest BCUT2D eigenvalue weighted by molar-refractivity contribution is -0.119. The molecule has 5 heteroatoms. The molecule has 1 N–H and O–H groups in total. The van der Waals surface area contributed by atoms with E-state index in [0.29, 0.717) is 18.9 Å². The lowest BCUT2D eigenvalue weighted by atomic mass is 10.0. The second-order valence-corrected chi connectivity index (χ2v) is 5.43. The monoisotopic (exact) mass is 319 g/mol. The largest absolute Gasteiger partial charge is 0.494 e. The van der Waals surface area contributed by atoms with Gasteiger partial charge < -0.3 is 9.72 Å². The normalized spacial score (nSPS) is 11.8. The molecular formula is C19H17N3O2. The number of nitriles is 1. The molecule has 0 aliphatic heterocycles. The molecule has 3 rings (SSSR count). The van der Waals surface area contributed by atoms with Crippen LogP contribution in [-0.2, 0) is 4.79 Å². The number of nitrogens with zero attached hydrogens (tertiary/aromatic N) is 2. The summed E-state index contributed by atoms with van der Waals surface area (Å²) in [5.74, 6) is 0.175. The van der Waals surface area contributed by atoms with Gasteiger partial charge in [-0.15, -0.1) is 0 Å². The van der Waals surface area contributed by atoms with Crippen LogP contribution in [0, 0.1) is 11.3 Å². The zero-order valence-electron chi connectivity index (χ0n) is 13.1. The molecule has 0 spiro atoms. The van der Waals surface area contributed by atoms with Crippen molar-refractivity contribution in [3.63, 3.8) is 0 Å². The molecule has 1 aromatic heterocycles. The van der Waals surface area contributed by atoms with Gasteiger partial charge in [-0.3, -0.25) is 4.79 Å². The summed E-state index contributed by atoms with van der Waals surface area (Å²) in [6.45, 7) is 0.439. The Bertz CT molecular complexity index is 832. The summed E-state index contributed by atoms with van der Waals surface area (Å²) >= 11 is 0. The number of carbonyl (C=O) groups is 1. The van der Waals surface area contributed by atoms with Crippen LogP contribution in [0.1, 0.15) is 24.6 Å². The molecule has 0 aliphatic carbocycles. The zero-order valence-corrected chi connectivity index (χ0v) is 13.1. The Balaban J connectivity index is 1.57. The lowest BCUT2D eigenvalue weighted by Crippen LogP contribution is -2.13. The van der Waals surface area contributed by atoms with E-state index in [1.165, 1.54) is 0 Å². The van der Waals surface area contributed by atoms with Gasteiger partial charge >= 0.3 is 0 Å². The summed E-state index contributed by atoms with van der Waals surface area (Å²) < 4.78 is 5.56. The maximum Gasteiger partial charge on any atom is 0.162 e. The number of hydrogen-bond acceptors (Lipinski definition) is 4. The third-order valence-electron chi connectivity index (χ3n) is 3.71. The number of ether oxygens (including phenoxy) is 1. The lowest BCUT2D eigenvalue weighted by Gasteiger charge is -2.07. The second kappa shape index (κ2) is 7.42. The van der Waals surface area contributed by atoms with Gasteiger partial charge in [0.25, 0.3) is 0 Å². The fourth-order valence-corrected chi connectivity index (χ4v) is 2.49. The van der Waals surface area contributed by atoms with Gasteiger partial charge in [0.2, 0.25) is 0 Å². The molecule has 0 amide bonds. The quantitative estimate of drug-likeness (QED) is 0.675. The maximum absolute atomic E-state index is 12.3. The highest BCUT2D eigenvalue weighted by molar-refractivity contribution is 5.88. The number of benzene rings is 2. The van der Waals surface area contributed by atoms with E-state index >= 15 is 0 Å². The fraction of sp³-hybridized carbons (Fsp3) is 0.211. The van der Waals surface area contributed by atoms with E-state index in [4.69, 9.17) is 4.74 Å². The minimum absolute atomic E-state index is 0.145. The first kappa shape index (κ1) is 15.8. The SMILES string of the molecule is N#CC(C(=O)CCCOc1ccccc1)c1nc2ccccc2[nH]1. The van der Waals surface area contributed by atoms with Gasteiger partial charge in [0.15, 0.2) is 11.7 Å². The Morgan fingerprint density at radius 3 is 2.67 bits per heavy atom. The van der Waals surface area contributed by atoms with E-state index in [1.54, 1.807) is 0 Å². The summed E-state index contributed by atoms with van der Waals surface area (Å²) in [5, 5.41) is 9.35. The van der Waals surface area contributed by atoms with Gasteiger partial charge in [-0.1, -0.05) is 30.3 Å². The zero-order chi connectivity index (χ0) is 16.8. The standard InChI is InChI=1S/C19H17N3O2/c20-13-15(19-21-16-9-4-5-10-17(16)22-19)18(23)11-6-12-24-14-7-2-1-3-8-14/h1-5,7-10,15H,6,11-12H2,(H,21,22). The summed E-state index contributed by atoms with van der Waals surface area (Å²) in [4.78, 5) is 19.7. The molecule has 0 radical (unpaired) electrons. The van der Waals surface area contributed by atoms with Crippen molar-refractivity contribution in [2.45, 2.75) is 18.8 Å². The number of hydrogen-bond donors (Lipinski definition) is 1. The number of aromatic amines is 1. The molecule has 24 heavy (non-hydrogen) atoms. The molecular weight excluding hydrogens is 302 g/mol. The average Bonchev–Trinajstić information content (AvgIpc) is 3.04. The van der Waals surface area contributed by atoms with Crippen LogP contribution in [0.4, 0.5) is 0 Å². The van der Waals surface area contributed by atoms with Crippen LogP contribution in [0.3, 0.4) is 0 Å². The average molecular weight is 319 g/mol. The fourth-order valence-electron chi connectivity index (χ4n) is 2.49. The van der Waals surface area contributed by atoms with Gasteiger partial charge in [0.05, 0.1) is 23.7 Å². The molecule has 1 atom stereocenters. The number of Topliss-reactive ketones (excluding diaryl/α,β-unsaturated/α-hetero) is 1. The first-order chi connectivity index (χ1) is 11.8. The van der Waals surface area contributed by atoms with Crippen molar-refractivity contribution >= 4 is 16.8 Å². The molecule has 0 fully saturated rings. The molecule has 0 bridgehead atoms. The van der Waals surface area contributed by atoms with Crippen molar-refractivity contribution in [1.29, 1.82) is 5.26 Å². The van der Waals surface area contributed by atoms with Crippen LogP contribution in [0.2, 0.25) is 0 Å². The van der Waals surface area contributed by atoms with E-state index in [-0.39, 0.29) is 12.2 Å². The van der Waals surface area contributed by atoms with E-state index in [9.17, 15) is 10.1 Å². The van der Waals surface area contributed by atoms with Gasteiger partial charge in [-0.05, 0) is 30.7 Å². The topological polar surface area (TPSA) is 78.8 Å². The predicted octanol–water partition coefficient (Wildman–Crippen LogP) is 3.60. The van der Waals surface area contributed by atoms with Crippen molar-refractivity contribution in [2.75, 3.05) is 6.61 Å². The van der Waals surface area contributed by atoms with Crippen LogP contribution >= 0.6 is 0 Å². The Morgan fingerprint density at radius 1 is 1.17 bits per heavy atom. The Hall–Kier alpha value is -3.13. The Labute approximate surface area is 139 Å². The van der Waals surface area contributed by atoms with Crippen LogP contribution in [0.5, 0.6) is 5.75 Å². The number of para-hydroxylation sites is 3. The van der Waals surface area contributed by atoms with E-state index in [0.717, 1.165) is 16.8 Å². The molecule has 120 valence electrons. The summed E-state index contributed by atoms with van der Waals surface area (Å²) in [6, 6.07) is 19.0. The molecule has 5 nitrogen and oxygen atoms in total. The first-order valence-corrected chi connectivity index (χ1v) is 7.83. The van der Waals surface area contributed by atoms with Gasteiger partial charge in [-0.2, -0.15) is 5.26 Å². The maximum atomic E-state index is 12.3. The van der Waals surface area contributed by atoms with Gasteiger partial charge in [-0.25, -0.2) is 4.98 Å². The molecule has 2 aromatic carbocycles. The Kier molecular flexibility index (Phi) is 4.87. The summed E-state index contributed by atoms with van der Waals surface area (Å²) in [6.07, 6.45) is 0.842. The first-order valence-electron chi connectivity index (χ1n) is 7.83. The van der Waals surface area contributed by atoms with Crippen LogP contribution in [0.15, 0.2) is 54.6 Å². The molecule has 0 saturated carbocycles. The molecule has 0 saturated heterocycles. The smallest absolute Gasteiger partial charge is 0.162 e. The van der Waals surface area contributed by atoms with Crippen LogP contribution < -0.4 is 4.74 Å². The minimum Gasteiger partial charge on any atom is -0.494 e. The van der Waals surface area contributed by atoms with Gasteiger partial charge in [0, 0.05) is 6.42 Å². The molecule has 1 unspecified atom stereocenters. The van der Waals surface area contributed by atoms with E-state index in [2.05, 4.69) is 16.0 Å². The van der Waals surface area contributed by atoms with Crippen LogP contribution in [-0.4, -0.2) is 22.4 Å². The number of carbonyl (C=O) groups excluding carboxylic acids is 1. The van der Waals surface area contributed by atoms with E-state index < -0.39 is 5.92 Å². The van der Waals surface area contributed by atoms with Crippen LogP contribution in [0.25, 0.3) is 11.0 Å². The summed E-state index contributed by atoms with van der Waals surface area (Å²) in [7, 11) is 0. The highest BCUT2D eigenvalue weighted by Crippen LogP contribution is 2.20. The number of fused-ring (bicyclic) bond motifs is 1. The number of aromatic nitrogens is 2. The van der Waals surface area contributed by atoms with Crippen molar-refractivity contribution in [2.24, 2.45) is 0 Å². The number of rotatable bonds is 7. The number of imidazole rings is 1. The van der Waals surface area contributed by atoms with Gasteiger partial charge in [0.1, 0.15) is 11.6 Å². The number of ketones is 1. The summed E-state index contributed by atoms with van der Waals surface area (Å²) in [5.41, 5.74) is 1.58. The van der Waals surface area contributed by atoms with Crippen molar-refractivity contribution < 1.29 is 9.53 Å². The van der Waals surface area contributed by atoms with E-state index in [1.807, 2.05) is 54.6 Å². The second-order valence-electron chi connectivity index (χ2n) is 5.43.